The number of ether oxygens (including phenoxy) is 2. The Bertz CT molecular complexity index is 663. The molecule has 1 heterocycles. The summed E-state index contributed by atoms with van der Waals surface area (Å²) in [5, 5.41) is 18.6. The van der Waals surface area contributed by atoms with Crippen LogP contribution in [0, 0.1) is 11.3 Å². The van der Waals surface area contributed by atoms with Crippen molar-refractivity contribution in [1.82, 2.24) is 4.98 Å². The van der Waals surface area contributed by atoms with Crippen LogP contribution < -0.4 is 9.47 Å². The Balaban J connectivity index is 2.18. The van der Waals surface area contributed by atoms with E-state index in [4.69, 9.17) is 14.7 Å². The van der Waals surface area contributed by atoms with Crippen LogP contribution >= 0.6 is 0 Å². The number of nitrogens with zero attached hydrogens (tertiary/aromatic N) is 2. The smallest absolute Gasteiger partial charge is 0.161 e. The van der Waals surface area contributed by atoms with E-state index >= 15 is 0 Å². The molecule has 1 aromatic carbocycles. The van der Waals surface area contributed by atoms with Gasteiger partial charge in [0.25, 0.3) is 0 Å². The molecule has 108 valence electrons. The van der Waals surface area contributed by atoms with Crippen LogP contribution in [0.25, 0.3) is 0 Å². The highest BCUT2D eigenvalue weighted by molar-refractivity contribution is 5.43. The molecule has 0 radical (unpaired) electrons. The van der Waals surface area contributed by atoms with Crippen LogP contribution in [-0.2, 0) is 6.61 Å². The molecule has 2 rings (SSSR count). The highest BCUT2D eigenvalue weighted by Crippen LogP contribution is 2.30. The lowest BCUT2D eigenvalue weighted by molar-refractivity contribution is 0.198. The Morgan fingerprint density at radius 1 is 1.33 bits per heavy atom. The minimum Gasteiger partial charge on any atom is -0.493 e. The highest BCUT2D eigenvalue weighted by Gasteiger charge is 2.10. The second kappa shape index (κ2) is 6.73. The Morgan fingerprint density at radius 3 is 2.81 bits per heavy atom. The quantitative estimate of drug-likeness (QED) is 0.913. The van der Waals surface area contributed by atoms with Gasteiger partial charge in [-0.1, -0.05) is 12.1 Å². The number of aliphatic hydroxyl groups excluding tert-OH is 1. The summed E-state index contributed by atoms with van der Waals surface area (Å²) < 4.78 is 11.0. The molecule has 0 saturated carbocycles. The normalized spacial score (nSPS) is 11.5. The first-order valence-electron chi connectivity index (χ1n) is 6.48. The fourth-order valence-corrected chi connectivity index (χ4v) is 1.87. The average molecular weight is 284 g/mol. The van der Waals surface area contributed by atoms with E-state index in [2.05, 4.69) is 4.98 Å². The van der Waals surface area contributed by atoms with Crippen LogP contribution in [-0.4, -0.2) is 17.2 Å². The summed E-state index contributed by atoms with van der Waals surface area (Å²) in [6.07, 6.45) is 0.997. The number of aliphatic hydroxyl groups is 1. The minimum absolute atomic E-state index is 0.223. The lowest BCUT2D eigenvalue weighted by Gasteiger charge is -2.13. The van der Waals surface area contributed by atoms with E-state index < -0.39 is 6.10 Å². The van der Waals surface area contributed by atoms with Gasteiger partial charge in [-0.2, -0.15) is 5.26 Å². The predicted molar refractivity (Wildman–Crippen MR) is 76.9 cm³/mol. The van der Waals surface area contributed by atoms with Crippen LogP contribution in [0.15, 0.2) is 36.5 Å². The topological polar surface area (TPSA) is 75.4 Å². The summed E-state index contributed by atoms with van der Waals surface area (Å²) >= 11 is 0. The van der Waals surface area contributed by atoms with Gasteiger partial charge in [0.15, 0.2) is 11.5 Å². The van der Waals surface area contributed by atoms with Crippen molar-refractivity contribution in [3.8, 4) is 17.6 Å². The third kappa shape index (κ3) is 3.50. The van der Waals surface area contributed by atoms with Crippen LogP contribution in [0.4, 0.5) is 0 Å². The Kier molecular flexibility index (Phi) is 4.75. The van der Waals surface area contributed by atoms with Crippen molar-refractivity contribution >= 4 is 0 Å². The van der Waals surface area contributed by atoms with Crippen molar-refractivity contribution in [3.63, 3.8) is 0 Å². The maximum absolute atomic E-state index is 9.57. The number of rotatable bonds is 5. The lowest BCUT2D eigenvalue weighted by atomic mass is 10.1. The number of benzene rings is 1. The monoisotopic (exact) mass is 284 g/mol. The van der Waals surface area contributed by atoms with Gasteiger partial charge in [-0.05, 0) is 30.7 Å². The van der Waals surface area contributed by atoms with Gasteiger partial charge < -0.3 is 14.6 Å². The molecule has 0 saturated heterocycles. The van der Waals surface area contributed by atoms with Crippen molar-refractivity contribution in [1.29, 1.82) is 5.26 Å². The molecule has 0 amide bonds. The van der Waals surface area contributed by atoms with Gasteiger partial charge in [0, 0.05) is 11.8 Å². The predicted octanol–water partition coefficient (Wildman–Crippen LogP) is 2.59. The van der Waals surface area contributed by atoms with Crippen LogP contribution in [0.3, 0.4) is 0 Å². The molecule has 2 aromatic rings. The summed E-state index contributed by atoms with van der Waals surface area (Å²) in [5.74, 6) is 1.09. The van der Waals surface area contributed by atoms with Crippen LogP contribution in [0.2, 0.25) is 0 Å². The third-order valence-corrected chi connectivity index (χ3v) is 3.05. The number of aromatic nitrogens is 1. The van der Waals surface area contributed by atoms with Crippen molar-refractivity contribution in [2.75, 3.05) is 7.11 Å². The molecule has 0 aliphatic heterocycles. The molecule has 0 unspecified atom stereocenters. The largest absolute Gasteiger partial charge is 0.493 e. The highest BCUT2D eigenvalue weighted by atomic mass is 16.5. The molecule has 0 spiro atoms. The molecule has 1 atom stereocenters. The van der Waals surface area contributed by atoms with Gasteiger partial charge in [-0.3, -0.25) is 0 Å². The number of nitriles is 1. The van der Waals surface area contributed by atoms with E-state index in [0.29, 0.717) is 22.8 Å². The van der Waals surface area contributed by atoms with E-state index in [1.54, 1.807) is 50.6 Å². The fourth-order valence-electron chi connectivity index (χ4n) is 1.87. The zero-order valence-corrected chi connectivity index (χ0v) is 11.9. The summed E-state index contributed by atoms with van der Waals surface area (Å²) in [4.78, 5) is 3.98. The molecule has 1 aromatic heterocycles. The molecule has 5 nitrogen and oxygen atoms in total. The molecule has 0 aliphatic carbocycles. The molecule has 0 aliphatic rings. The minimum atomic E-state index is -0.573. The molecular formula is C16H16N2O3. The first-order chi connectivity index (χ1) is 10.2. The molecular weight excluding hydrogens is 268 g/mol. The standard InChI is InChI=1S/C16H16N2O3/c1-11(19)12-5-6-15(16(8-12)20-2)21-10-13-4-3-7-18-14(13)9-17/h3-8,11,19H,10H2,1-2H3/t11-/m1/s1. The fraction of sp³-hybridized carbons (Fsp3) is 0.250. The zero-order valence-electron chi connectivity index (χ0n) is 11.9. The molecule has 5 heteroatoms. The first kappa shape index (κ1) is 14.8. The number of hydrogen-bond donors (Lipinski definition) is 1. The van der Waals surface area contributed by atoms with E-state index in [0.717, 1.165) is 5.56 Å². The lowest BCUT2D eigenvalue weighted by Crippen LogP contribution is -2.02. The molecule has 21 heavy (non-hydrogen) atoms. The van der Waals surface area contributed by atoms with Gasteiger partial charge in [0.2, 0.25) is 0 Å². The van der Waals surface area contributed by atoms with Crippen molar-refractivity contribution in [2.45, 2.75) is 19.6 Å². The zero-order chi connectivity index (χ0) is 15.2. The summed E-state index contributed by atoms with van der Waals surface area (Å²) in [6.45, 7) is 1.91. The van der Waals surface area contributed by atoms with E-state index in [1.165, 1.54) is 0 Å². The van der Waals surface area contributed by atoms with E-state index in [1.807, 2.05) is 6.07 Å². The summed E-state index contributed by atoms with van der Waals surface area (Å²) in [7, 11) is 1.54. The second-order valence-electron chi connectivity index (χ2n) is 4.50. The molecule has 0 bridgehead atoms. The number of methoxy groups -OCH3 is 1. The molecule has 1 N–H and O–H groups in total. The Hall–Kier alpha value is -2.58. The van der Waals surface area contributed by atoms with Gasteiger partial charge in [-0.15, -0.1) is 0 Å². The van der Waals surface area contributed by atoms with Crippen molar-refractivity contribution in [3.05, 3.63) is 53.3 Å². The second-order valence-corrected chi connectivity index (χ2v) is 4.50. The Labute approximate surface area is 123 Å². The Morgan fingerprint density at radius 2 is 2.14 bits per heavy atom. The van der Waals surface area contributed by atoms with Crippen LogP contribution in [0.1, 0.15) is 29.8 Å². The SMILES string of the molecule is COc1cc([C@@H](C)O)ccc1OCc1cccnc1C#N. The van der Waals surface area contributed by atoms with Crippen LogP contribution in [0.5, 0.6) is 11.5 Å². The van der Waals surface area contributed by atoms with E-state index in [-0.39, 0.29) is 6.61 Å². The number of pyridine rings is 1. The van der Waals surface area contributed by atoms with Gasteiger partial charge in [-0.25, -0.2) is 4.98 Å². The summed E-state index contributed by atoms with van der Waals surface area (Å²) in [6, 6.07) is 10.8. The van der Waals surface area contributed by atoms with Crippen molar-refractivity contribution in [2.24, 2.45) is 0 Å². The number of hydrogen-bond acceptors (Lipinski definition) is 5. The average Bonchev–Trinajstić information content (AvgIpc) is 2.52. The first-order valence-corrected chi connectivity index (χ1v) is 6.48. The maximum Gasteiger partial charge on any atom is 0.161 e. The van der Waals surface area contributed by atoms with Gasteiger partial charge >= 0.3 is 0 Å². The van der Waals surface area contributed by atoms with Gasteiger partial charge in [0.05, 0.1) is 13.2 Å². The van der Waals surface area contributed by atoms with Crippen molar-refractivity contribution < 1.29 is 14.6 Å². The van der Waals surface area contributed by atoms with Gasteiger partial charge in [0.1, 0.15) is 18.4 Å². The molecule has 0 fully saturated rings. The third-order valence-electron chi connectivity index (χ3n) is 3.05. The van der Waals surface area contributed by atoms with E-state index in [9.17, 15) is 5.11 Å². The maximum atomic E-state index is 9.57. The summed E-state index contributed by atoms with van der Waals surface area (Å²) in [5.41, 5.74) is 1.80.